The Morgan fingerprint density at radius 3 is 2.25 bits per heavy atom. The first kappa shape index (κ1) is 14.9. The molecule has 20 heavy (non-hydrogen) atoms. The molecule has 0 amide bonds. The van der Waals surface area contributed by atoms with E-state index in [0.29, 0.717) is 15.6 Å². The Hall–Kier alpha value is -1.53. The van der Waals surface area contributed by atoms with Crippen LogP contribution in [0.5, 0.6) is 5.75 Å². The fourth-order valence-electron chi connectivity index (χ4n) is 1.57. The molecule has 0 aliphatic heterocycles. The third-order valence-corrected chi connectivity index (χ3v) is 5.07. The van der Waals surface area contributed by atoms with Crippen molar-refractivity contribution in [2.24, 2.45) is 0 Å². The highest BCUT2D eigenvalue weighted by Crippen LogP contribution is 2.23. The van der Waals surface area contributed by atoms with Crippen molar-refractivity contribution in [2.75, 3.05) is 4.72 Å². The van der Waals surface area contributed by atoms with Gasteiger partial charge < -0.3 is 4.74 Å². The Morgan fingerprint density at radius 1 is 1.10 bits per heavy atom. The van der Waals surface area contributed by atoms with Crippen molar-refractivity contribution in [2.45, 2.75) is 30.6 Å². The lowest BCUT2D eigenvalue weighted by Gasteiger charge is -2.21. The zero-order valence-electron chi connectivity index (χ0n) is 11.6. The molecule has 1 aromatic carbocycles. The number of thiophene rings is 1. The van der Waals surface area contributed by atoms with Gasteiger partial charge in [0.2, 0.25) is 0 Å². The molecule has 2 aromatic rings. The summed E-state index contributed by atoms with van der Waals surface area (Å²) in [5.41, 5.74) is 0.234. The van der Waals surface area contributed by atoms with Crippen molar-refractivity contribution in [3.8, 4) is 5.75 Å². The SMILES string of the molecule is CC(C)(C)Oc1ccc(NS(=O)(=O)c2cccs2)cc1. The predicted molar refractivity (Wildman–Crippen MR) is 82.0 cm³/mol. The van der Waals surface area contributed by atoms with Gasteiger partial charge in [-0.05, 0) is 56.5 Å². The molecular weight excluding hydrogens is 294 g/mol. The van der Waals surface area contributed by atoms with Crippen LogP contribution in [0, 0.1) is 0 Å². The van der Waals surface area contributed by atoms with Crippen LogP contribution < -0.4 is 9.46 Å². The molecule has 0 aliphatic rings. The molecule has 0 atom stereocenters. The van der Waals surface area contributed by atoms with Gasteiger partial charge in [-0.25, -0.2) is 8.42 Å². The van der Waals surface area contributed by atoms with E-state index in [1.165, 1.54) is 11.3 Å². The van der Waals surface area contributed by atoms with Gasteiger partial charge in [0.15, 0.2) is 0 Å². The van der Waals surface area contributed by atoms with E-state index < -0.39 is 10.0 Å². The van der Waals surface area contributed by atoms with Gasteiger partial charge in [0, 0.05) is 5.69 Å². The third-order valence-electron chi connectivity index (χ3n) is 2.29. The maximum absolute atomic E-state index is 12.0. The van der Waals surface area contributed by atoms with Gasteiger partial charge in [-0.15, -0.1) is 11.3 Å². The molecule has 0 spiro atoms. The molecule has 4 nitrogen and oxygen atoms in total. The quantitative estimate of drug-likeness (QED) is 0.936. The summed E-state index contributed by atoms with van der Waals surface area (Å²) in [7, 11) is -3.49. The molecule has 108 valence electrons. The molecule has 0 saturated heterocycles. The number of nitrogens with one attached hydrogen (secondary N) is 1. The first-order valence-electron chi connectivity index (χ1n) is 6.12. The van der Waals surface area contributed by atoms with Gasteiger partial charge in [-0.1, -0.05) is 6.07 Å². The van der Waals surface area contributed by atoms with E-state index in [1.54, 1.807) is 41.8 Å². The van der Waals surface area contributed by atoms with Crippen LogP contribution in [0.2, 0.25) is 0 Å². The van der Waals surface area contributed by atoms with Crippen molar-refractivity contribution in [1.29, 1.82) is 0 Å². The Morgan fingerprint density at radius 2 is 1.75 bits per heavy atom. The smallest absolute Gasteiger partial charge is 0.271 e. The van der Waals surface area contributed by atoms with Crippen molar-refractivity contribution in [1.82, 2.24) is 0 Å². The molecule has 1 N–H and O–H groups in total. The van der Waals surface area contributed by atoms with Gasteiger partial charge in [-0.3, -0.25) is 4.72 Å². The average Bonchev–Trinajstić information content (AvgIpc) is 2.84. The average molecular weight is 311 g/mol. The molecule has 0 fully saturated rings. The van der Waals surface area contributed by atoms with E-state index in [4.69, 9.17) is 4.74 Å². The number of benzene rings is 1. The van der Waals surface area contributed by atoms with Gasteiger partial charge in [0.25, 0.3) is 10.0 Å². The van der Waals surface area contributed by atoms with E-state index in [2.05, 4.69) is 4.72 Å². The molecule has 0 bridgehead atoms. The Bertz CT molecular complexity index is 653. The second-order valence-corrected chi connectivity index (χ2v) is 8.13. The molecule has 2 rings (SSSR count). The van der Waals surface area contributed by atoms with Crippen LogP contribution in [0.3, 0.4) is 0 Å². The predicted octanol–water partition coefficient (Wildman–Crippen LogP) is 3.73. The van der Waals surface area contributed by atoms with Crippen LogP contribution >= 0.6 is 11.3 Å². The first-order chi connectivity index (χ1) is 9.26. The number of sulfonamides is 1. The Kier molecular flexibility index (Phi) is 4.06. The molecule has 0 aliphatic carbocycles. The summed E-state index contributed by atoms with van der Waals surface area (Å²) in [6.07, 6.45) is 0. The number of ether oxygens (including phenoxy) is 1. The molecule has 1 heterocycles. The van der Waals surface area contributed by atoms with Crippen LogP contribution in [0.1, 0.15) is 20.8 Å². The fraction of sp³-hybridized carbons (Fsp3) is 0.286. The van der Waals surface area contributed by atoms with E-state index in [-0.39, 0.29) is 5.60 Å². The highest BCUT2D eigenvalue weighted by Gasteiger charge is 2.15. The molecule has 1 aromatic heterocycles. The minimum absolute atomic E-state index is 0.280. The number of hydrogen-bond acceptors (Lipinski definition) is 4. The van der Waals surface area contributed by atoms with E-state index in [9.17, 15) is 8.42 Å². The van der Waals surface area contributed by atoms with Crippen molar-refractivity contribution < 1.29 is 13.2 Å². The number of anilines is 1. The molecule has 0 saturated carbocycles. The fourth-order valence-corrected chi connectivity index (χ4v) is 3.62. The summed E-state index contributed by atoms with van der Waals surface area (Å²) in [6, 6.07) is 10.1. The van der Waals surface area contributed by atoms with E-state index >= 15 is 0 Å². The summed E-state index contributed by atoms with van der Waals surface area (Å²) in [5.74, 6) is 0.705. The summed E-state index contributed by atoms with van der Waals surface area (Å²) in [6.45, 7) is 5.88. The largest absolute Gasteiger partial charge is 0.488 e. The number of rotatable bonds is 4. The lowest BCUT2D eigenvalue weighted by molar-refractivity contribution is 0.131. The highest BCUT2D eigenvalue weighted by atomic mass is 32.2. The zero-order chi connectivity index (χ0) is 14.8. The van der Waals surface area contributed by atoms with E-state index in [0.717, 1.165) is 0 Å². The third kappa shape index (κ3) is 3.98. The zero-order valence-corrected chi connectivity index (χ0v) is 13.2. The van der Waals surface area contributed by atoms with Crippen LogP contribution in [-0.2, 0) is 10.0 Å². The van der Waals surface area contributed by atoms with Crippen molar-refractivity contribution in [3.63, 3.8) is 0 Å². The second kappa shape index (κ2) is 5.46. The van der Waals surface area contributed by atoms with Crippen molar-refractivity contribution >= 4 is 27.0 Å². The lowest BCUT2D eigenvalue weighted by atomic mass is 10.2. The monoisotopic (exact) mass is 311 g/mol. The summed E-state index contributed by atoms with van der Waals surface area (Å²) in [4.78, 5) is 0. The van der Waals surface area contributed by atoms with Crippen LogP contribution in [0.15, 0.2) is 46.0 Å². The topological polar surface area (TPSA) is 55.4 Å². The Labute approximate surface area is 123 Å². The highest BCUT2D eigenvalue weighted by molar-refractivity contribution is 7.94. The standard InChI is InChI=1S/C14H17NO3S2/c1-14(2,3)18-12-8-6-11(7-9-12)15-20(16,17)13-5-4-10-19-13/h4-10,15H,1-3H3. The lowest BCUT2D eigenvalue weighted by Crippen LogP contribution is -2.22. The Balaban J connectivity index is 2.12. The van der Waals surface area contributed by atoms with Gasteiger partial charge in [0.1, 0.15) is 15.6 Å². The van der Waals surface area contributed by atoms with Crippen LogP contribution in [0.25, 0.3) is 0 Å². The molecule has 6 heteroatoms. The summed E-state index contributed by atoms with van der Waals surface area (Å²) in [5, 5.41) is 1.73. The van der Waals surface area contributed by atoms with Gasteiger partial charge >= 0.3 is 0 Å². The first-order valence-corrected chi connectivity index (χ1v) is 8.48. The van der Waals surface area contributed by atoms with Gasteiger partial charge in [0.05, 0.1) is 0 Å². The molecule has 0 unspecified atom stereocenters. The van der Waals surface area contributed by atoms with Crippen LogP contribution in [-0.4, -0.2) is 14.0 Å². The van der Waals surface area contributed by atoms with E-state index in [1.807, 2.05) is 20.8 Å². The summed E-state index contributed by atoms with van der Waals surface area (Å²) < 4.78 is 32.6. The van der Waals surface area contributed by atoms with Crippen LogP contribution in [0.4, 0.5) is 5.69 Å². The maximum Gasteiger partial charge on any atom is 0.271 e. The minimum Gasteiger partial charge on any atom is -0.488 e. The number of hydrogen-bond donors (Lipinski definition) is 1. The minimum atomic E-state index is -3.49. The maximum atomic E-state index is 12.0. The normalized spacial score (nSPS) is 12.2. The second-order valence-electron chi connectivity index (χ2n) is 5.28. The van der Waals surface area contributed by atoms with Gasteiger partial charge in [-0.2, -0.15) is 0 Å². The molecular formula is C14H17NO3S2. The molecule has 0 radical (unpaired) electrons. The summed E-state index contributed by atoms with van der Waals surface area (Å²) >= 11 is 1.18. The van der Waals surface area contributed by atoms with Crippen molar-refractivity contribution in [3.05, 3.63) is 41.8 Å².